The van der Waals surface area contributed by atoms with Gasteiger partial charge in [0.05, 0.1) is 24.2 Å². The Morgan fingerprint density at radius 3 is 2.55 bits per heavy atom. The van der Waals surface area contributed by atoms with E-state index in [0.717, 1.165) is 35.6 Å². The van der Waals surface area contributed by atoms with Crippen LogP contribution in [0.2, 0.25) is 0 Å². The van der Waals surface area contributed by atoms with Crippen molar-refractivity contribution in [2.45, 2.75) is 33.4 Å². The molecule has 0 aliphatic carbocycles. The molecule has 2 aromatic heterocycles. The highest BCUT2D eigenvalue weighted by Gasteiger charge is 2.12. The van der Waals surface area contributed by atoms with Crippen molar-refractivity contribution in [3.8, 4) is 5.75 Å². The van der Waals surface area contributed by atoms with Crippen LogP contribution in [-0.2, 0) is 13.1 Å². The number of ether oxygens (including phenoxy) is 1. The Labute approximate surface area is 181 Å². The van der Waals surface area contributed by atoms with Crippen LogP contribution in [0, 0.1) is 13.8 Å². The van der Waals surface area contributed by atoms with Crippen molar-refractivity contribution < 1.29 is 9.53 Å². The summed E-state index contributed by atoms with van der Waals surface area (Å²) in [5.41, 5.74) is 4.96. The number of nitrogens with one attached hydrogen (secondary N) is 1. The lowest BCUT2D eigenvalue weighted by molar-refractivity contribution is 0.0949. The molecule has 31 heavy (non-hydrogen) atoms. The predicted octanol–water partition coefficient (Wildman–Crippen LogP) is 4.45. The van der Waals surface area contributed by atoms with E-state index in [4.69, 9.17) is 9.72 Å². The Balaban J connectivity index is 1.43. The second-order valence-corrected chi connectivity index (χ2v) is 7.61. The zero-order valence-electron chi connectivity index (χ0n) is 17.8. The number of pyridine rings is 1. The molecule has 0 saturated carbocycles. The minimum Gasteiger partial charge on any atom is -0.494 e. The Morgan fingerprint density at radius 2 is 1.77 bits per heavy atom. The van der Waals surface area contributed by atoms with Crippen molar-refractivity contribution in [3.05, 3.63) is 89.5 Å². The number of aryl methyl sites for hydroxylation is 3. The first-order chi connectivity index (χ1) is 15.1. The summed E-state index contributed by atoms with van der Waals surface area (Å²) in [4.78, 5) is 21.1. The number of carbonyl (C=O) groups is 1. The molecule has 0 aliphatic heterocycles. The van der Waals surface area contributed by atoms with Crippen molar-refractivity contribution in [2.75, 3.05) is 6.61 Å². The van der Waals surface area contributed by atoms with Crippen LogP contribution >= 0.6 is 0 Å². The lowest BCUT2D eigenvalue weighted by Gasteiger charge is -2.12. The summed E-state index contributed by atoms with van der Waals surface area (Å²) in [7, 11) is 0. The maximum Gasteiger partial charge on any atom is 0.251 e. The van der Waals surface area contributed by atoms with E-state index in [2.05, 4.69) is 53.0 Å². The van der Waals surface area contributed by atoms with E-state index >= 15 is 0 Å². The number of amides is 1. The summed E-state index contributed by atoms with van der Waals surface area (Å²) in [6.07, 6.45) is 4.05. The summed E-state index contributed by atoms with van der Waals surface area (Å²) in [6, 6.07) is 17.7. The van der Waals surface area contributed by atoms with Gasteiger partial charge < -0.3 is 14.6 Å². The molecule has 0 fully saturated rings. The third-order valence-corrected chi connectivity index (χ3v) is 5.07. The van der Waals surface area contributed by atoms with Crippen LogP contribution in [0.4, 0.5) is 0 Å². The standard InChI is InChI=1S/C25H26N4O2/c1-18-14-19(2)16-21(15-18)31-13-5-12-29-23-7-4-3-6-22(23)28-24(29)17-27-25(30)20-8-10-26-11-9-20/h3-4,6-11,14-16H,5,12-13,17H2,1-2H3,(H,27,30). The van der Waals surface area contributed by atoms with Gasteiger partial charge in [0, 0.05) is 24.5 Å². The second-order valence-electron chi connectivity index (χ2n) is 7.61. The van der Waals surface area contributed by atoms with Gasteiger partial charge in [-0.2, -0.15) is 0 Å². The monoisotopic (exact) mass is 414 g/mol. The molecule has 0 atom stereocenters. The first-order valence-electron chi connectivity index (χ1n) is 10.4. The maximum atomic E-state index is 12.4. The first kappa shape index (κ1) is 20.6. The second kappa shape index (κ2) is 9.43. The molecule has 1 N–H and O–H groups in total. The fourth-order valence-electron chi connectivity index (χ4n) is 3.70. The minimum atomic E-state index is -0.140. The van der Waals surface area contributed by atoms with Gasteiger partial charge in [0.15, 0.2) is 0 Å². The van der Waals surface area contributed by atoms with Crippen molar-refractivity contribution in [3.63, 3.8) is 0 Å². The zero-order valence-corrected chi connectivity index (χ0v) is 17.8. The number of hydrogen-bond acceptors (Lipinski definition) is 4. The highest BCUT2D eigenvalue weighted by molar-refractivity contribution is 5.93. The topological polar surface area (TPSA) is 69.0 Å². The van der Waals surface area contributed by atoms with Gasteiger partial charge in [0.2, 0.25) is 0 Å². The molecule has 1 amide bonds. The molecule has 158 valence electrons. The Morgan fingerprint density at radius 1 is 1.03 bits per heavy atom. The van der Waals surface area contributed by atoms with Crippen LogP contribution in [0.3, 0.4) is 0 Å². The smallest absolute Gasteiger partial charge is 0.251 e. The van der Waals surface area contributed by atoms with Gasteiger partial charge in [-0.1, -0.05) is 18.2 Å². The molecule has 6 heteroatoms. The number of nitrogens with zero attached hydrogens (tertiary/aromatic N) is 3. The van der Waals surface area contributed by atoms with Crippen LogP contribution in [0.25, 0.3) is 11.0 Å². The number of carbonyl (C=O) groups excluding carboxylic acids is 1. The summed E-state index contributed by atoms with van der Waals surface area (Å²) in [6.45, 7) is 5.87. The van der Waals surface area contributed by atoms with Gasteiger partial charge in [-0.25, -0.2) is 4.98 Å². The molecule has 0 bridgehead atoms. The summed E-state index contributed by atoms with van der Waals surface area (Å²) in [5.74, 6) is 1.59. The van der Waals surface area contributed by atoms with Crippen molar-refractivity contribution in [2.24, 2.45) is 0 Å². The quantitative estimate of drug-likeness (QED) is 0.433. The molecular formula is C25H26N4O2. The van der Waals surface area contributed by atoms with Crippen LogP contribution in [0.15, 0.2) is 67.0 Å². The van der Waals surface area contributed by atoms with E-state index in [1.54, 1.807) is 24.5 Å². The predicted molar refractivity (Wildman–Crippen MR) is 121 cm³/mol. The molecular weight excluding hydrogens is 388 g/mol. The molecule has 0 unspecified atom stereocenters. The third-order valence-electron chi connectivity index (χ3n) is 5.07. The third kappa shape index (κ3) is 5.09. The lowest BCUT2D eigenvalue weighted by atomic mass is 10.1. The number of aromatic nitrogens is 3. The molecule has 4 aromatic rings. The summed E-state index contributed by atoms with van der Waals surface area (Å²) < 4.78 is 8.12. The molecule has 2 aromatic carbocycles. The van der Waals surface area contributed by atoms with Crippen LogP contribution in [-0.4, -0.2) is 27.0 Å². The largest absolute Gasteiger partial charge is 0.494 e. The highest BCUT2D eigenvalue weighted by atomic mass is 16.5. The molecule has 2 heterocycles. The van der Waals surface area contributed by atoms with E-state index in [0.29, 0.717) is 18.7 Å². The Kier molecular flexibility index (Phi) is 6.26. The molecule has 6 nitrogen and oxygen atoms in total. The van der Waals surface area contributed by atoms with Gasteiger partial charge >= 0.3 is 0 Å². The number of imidazole rings is 1. The van der Waals surface area contributed by atoms with E-state index < -0.39 is 0 Å². The van der Waals surface area contributed by atoms with Crippen molar-refractivity contribution in [1.82, 2.24) is 19.9 Å². The average Bonchev–Trinajstić information content (AvgIpc) is 3.12. The first-order valence-corrected chi connectivity index (χ1v) is 10.4. The SMILES string of the molecule is Cc1cc(C)cc(OCCCn2c(CNC(=O)c3ccncc3)nc3ccccc32)c1. The van der Waals surface area contributed by atoms with E-state index in [1.165, 1.54) is 11.1 Å². The van der Waals surface area contributed by atoms with Crippen molar-refractivity contribution in [1.29, 1.82) is 0 Å². The summed E-state index contributed by atoms with van der Waals surface area (Å²) in [5, 5.41) is 2.96. The number of para-hydroxylation sites is 2. The fraction of sp³-hybridized carbons (Fsp3) is 0.240. The van der Waals surface area contributed by atoms with Crippen LogP contribution in [0.5, 0.6) is 5.75 Å². The lowest BCUT2D eigenvalue weighted by Crippen LogP contribution is -2.25. The van der Waals surface area contributed by atoms with Crippen LogP contribution in [0.1, 0.15) is 33.7 Å². The van der Waals surface area contributed by atoms with E-state index in [-0.39, 0.29) is 5.91 Å². The molecule has 0 spiro atoms. The van der Waals surface area contributed by atoms with Gasteiger partial charge in [-0.05, 0) is 67.8 Å². The Hall–Kier alpha value is -3.67. The van der Waals surface area contributed by atoms with Crippen LogP contribution < -0.4 is 10.1 Å². The number of benzene rings is 2. The van der Waals surface area contributed by atoms with E-state index in [9.17, 15) is 4.79 Å². The number of hydrogen-bond donors (Lipinski definition) is 1. The van der Waals surface area contributed by atoms with Crippen molar-refractivity contribution >= 4 is 16.9 Å². The van der Waals surface area contributed by atoms with Gasteiger partial charge in [0.25, 0.3) is 5.91 Å². The number of rotatable bonds is 8. The van der Waals surface area contributed by atoms with E-state index in [1.807, 2.05) is 18.2 Å². The summed E-state index contributed by atoms with van der Waals surface area (Å²) >= 11 is 0. The van der Waals surface area contributed by atoms with Gasteiger partial charge in [-0.15, -0.1) is 0 Å². The highest BCUT2D eigenvalue weighted by Crippen LogP contribution is 2.19. The zero-order chi connectivity index (χ0) is 21.6. The fourth-order valence-corrected chi connectivity index (χ4v) is 3.70. The Bertz CT molecular complexity index is 1160. The normalized spacial score (nSPS) is 10.9. The molecule has 0 radical (unpaired) electrons. The minimum absolute atomic E-state index is 0.140. The molecule has 0 saturated heterocycles. The van der Waals surface area contributed by atoms with Gasteiger partial charge in [-0.3, -0.25) is 9.78 Å². The molecule has 4 rings (SSSR count). The van der Waals surface area contributed by atoms with Gasteiger partial charge in [0.1, 0.15) is 11.6 Å². The average molecular weight is 415 g/mol. The maximum absolute atomic E-state index is 12.4. The molecule has 0 aliphatic rings. The number of fused-ring (bicyclic) bond motifs is 1.